The molecule has 2 saturated carbocycles. The molecular formula is C18H30O4. The SMILES string of the molecule is O=C(O)C1CC(CCC2CCOC2)CCC12CCC(O)CC2. The molecule has 126 valence electrons. The number of aliphatic carboxylic acids is 1. The summed E-state index contributed by atoms with van der Waals surface area (Å²) in [5, 5.41) is 19.5. The molecule has 22 heavy (non-hydrogen) atoms. The number of aliphatic hydroxyl groups is 1. The molecule has 1 saturated heterocycles. The highest BCUT2D eigenvalue weighted by molar-refractivity contribution is 5.71. The summed E-state index contributed by atoms with van der Waals surface area (Å²) in [7, 11) is 0. The minimum absolute atomic E-state index is 0.0297. The standard InChI is InChI=1S/C18H30O4/c19-15-4-8-18(9-5-15)7-3-13(11-16(18)17(20)21)1-2-14-6-10-22-12-14/h13-16,19H,1-12H2,(H,20,21). The van der Waals surface area contributed by atoms with Crippen LogP contribution in [-0.4, -0.2) is 35.5 Å². The maximum Gasteiger partial charge on any atom is 0.307 e. The predicted octanol–water partition coefficient (Wildman–Crippen LogP) is 3.23. The van der Waals surface area contributed by atoms with Gasteiger partial charge in [-0.3, -0.25) is 4.79 Å². The van der Waals surface area contributed by atoms with Crippen LogP contribution in [0.15, 0.2) is 0 Å². The Hall–Kier alpha value is -0.610. The second-order valence-corrected chi connectivity index (χ2v) is 7.93. The summed E-state index contributed by atoms with van der Waals surface area (Å²) in [4.78, 5) is 11.8. The van der Waals surface area contributed by atoms with Crippen LogP contribution in [0.2, 0.25) is 0 Å². The smallest absolute Gasteiger partial charge is 0.307 e. The van der Waals surface area contributed by atoms with Crippen LogP contribution in [0.4, 0.5) is 0 Å². The zero-order valence-corrected chi connectivity index (χ0v) is 13.5. The lowest BCUT2D eigenvalue weighted by Crippen LogP contribution is -2.44. The van der Waals surface area contributed by atoms with E-state index in [0.717, 1.165) is 58.2 Å². The van der Waals surface area contributed by atoms with Gasteiger partial charge in [0, 0.05) is 13.2 Å². The van der Waals surface area contributed by atoms with E-state index in [1.54, 1.807) is 0 Å². The number of ether oxygens (including phenoxy) is 1. The molecule has 0 amide bonds. The van der Waals surface area contributed by atoms with Crippen molar-refractivity contribution in [3.63, 3.8) is 0 Å². The molecule has 0 bridgehead atoms. The minimum atomic E-state index is -0.606. The maximum absolute atomic E-state index is 11.8. The fourth-order valence-corrected chi connectivity index (χ4v) is 5.05. The highest BCUT2D eigenvalue weighted by atomic mass is 16.5. The molecule has 3 rings (SSSR count). The van der Waals surface area contributed by atoms with Gasteiger partial charge in [0.15, 0.2) is 0 Å². The molecule has 0 aromatic carbocycles. The average Bonchev–Trinajstić information content (AvgIpc) is 3.02. The second-order valence-electron chi connectivity index (χ2n) is 7.93. The van der Waals surface area contributed by atoms with E-state index in [9.17, 15) is 15.0 Å². The third-order valence-corrected chi connectivity index (χ3v) is 6.61. The van der Waals surface area contributed by atoms with Crippen molar-refractivity contribution < 1.29 is 19.7 Å². The Morgan fingerprint density at radius 3 is 2.36 bits per heavy atom. The molecule has 0 aromatic rings. The van der Waals surface area contributed by atoms with Crippen LogP contribution < -0.4 is 0 Å². The summed E-state index contributed by atoms with van der Waals surface area (Å²) in [5.74, 6) is 0.465. The highest BCUT2D eigenvalue weighted by Gasteiger charge is 2.48. The summed E-state index contributed by atoms with van der Waals surface area (Å²) in [6.07, 6.45) is 9.76. The zero-order valence-electron chi connectivity index (χ0n) is 13.5. The number of hydrogen-bond acceptors (Lipinski definition) is 3. The Kier molecular flexibility index (Phi) is 5.08. The van der Waals surface area contributed by atoms with E-state index in [-0.39, 0.29) is 17.4 Å². The van der Waals surface area contributed by atoms with Gasteiger partial charge in [-0.15, -0.1) is 0 Å². The van der Waals surface area contributed by atoms with E-state index in [0.29, 0.717) is 11.8 Å². The van der Waals surface area contributed by atoms with E-state index < -0.39 is 5.97 Å². The second kappa shape index (κ2) is 6.88. The van der Waals surface area contributed by atoms with Crippen molar-refractivity contribution in [1.29, 1.82) is 0 Å². The first-order valence-corrected chi connectivity index (χ1v) is 9.08. The topological polar surface area (TPSA) is 66.8 Å². The Balaban J connectivity index is 1.57. The van der Waals surface area contributed by atoms with Gasteiger partial charge in [-0.25, -0.2) is 0 Å². The molecule has 4 heteroatoms. The number of carboxylic acid groups (broad SMARTS) is 1. The van der Waals surface area contributed by atoms with E-state index >= 15 is 0 Å². The number of carbonyl (C=O) groups is 1. The Morgan fingerprint density at radius 2 is 1.73 bits per heavy atom. The Bertz CT molecular complexity index is 381. The van der Waals surface area contributed by atoms with Crippen molar-refractivity contribution >= 4 is 5.97 Å². The van der Waals surface area contributed by atoms with Crippen molar-refractivity contribution in [2.24, 2.45) is 23.2 Å². The van der Waals surface area contributed by atoms with Gasteiger partial charge < -0.3 is 14.9 Å². The molecule has 3 atom stereocenters. The van der Waals surface area contributed by atoms with Crippen LogP contribution in [0.1, 0.15) is 64.2 Å². The summed E-state index contributed by atoms with van der Waals surface area (Å²) >= 11 is 0. The predicted molar refractivity (Wildman–Crippen MR) is 83.5 cm³/mol. The normalized spacial score (nSPS) is 42.6. The van der Waals surface area contributed by atoms with E-state index in [1.165, 1.54) is 19.3 Å². The van der Waals surface area contributed by atoms with E-state index in [1.807, 2.05) is 0 Å². The van der Waals surface area contributed by atoms with Crippen molar-refractivity contribution in [3.05, 3.63) is 0 Å². The third-order valence-electron chi connectivity index (χ3n) is 6.61. The van der Waals surface area contributed by atoms with Crippen molar-refractivity contribution in [3.8, 4) is 0 Å². The maximum atomic E-state index is 11.8. The fraction of sp³-hybridized carbons (Fsp3) is 0.944. The highest BCUT2D eigenvalue weighted by Crippen LogP contribution is 2.53. The lowest BCUT2D eigenvalue weighted by atomic mass is 9.56. The van der Waals surface area contributed by atoms with E-state index in [2.05, 4.69) is 0 Å². The molecule has 3 unspecified atom stereocenters. The van der Waals surface area contributed by atoms with Gasteiger partial charge in [0.2, 0.25) is 0 Å². The first kappa shape index (κ1) is 16.3. The zero-order chi connectivity index (χ0) is 15.6. The van der Waals surface area contributed by atoms with Gasteiger partial charge in [0.1, 0.15) is 0 Å². The molecule has 2 N–H and O–H groups in total. The third kappa shape index (κ3) is 3.48. The molecule has 3 aliphatic rings. The first-order valence-electron chi connectivity index (χ1n) is 9.08. The first-order chi connectivity index (χ1) is 10.6. The van der Waals surface area contributed by atoms with Gasteiger partial charge >= 0.3 is 5.97 Å². The Labute approximate surface area is 133 Å². The van der Waals surface area contributed by atoms with Crippen molar-refractivity contribution in [2.75, 3.05) is 13.2 Å². The molecule has 4 nitrogen and oxygen atoms in total. The molecule has 1 aliphatic heterocycles. The van der Waals surface area contributed by atoms with Gasteiger partial charge in [-0.2, -0.15) is 0 Å². The monoisotopic (exact) mass is 310 g/mol. The van der Waals surface area contributed by atoms with E-state index in [4.69, 9.17) is 4.74 Å². The lowest BCUT2D eigenvalue weighted by molar-refractivity contribution is -0.153. The summed E-state index contributed by atoms with van der Waals surface area (Å²) in [5.41, 5.74) is -0.0297. The van der Waals surface area contributed by atoms with Crippen molar-refractivity contribution in [1.82, 2.24) is 0 Å². The number of carboxylic acids is 1. The van der Waals surface area contributed by atoms with Crippen LogP contribution in [0.3, 0.4) is 0 Å². The van der Waals surface area contributed by atoms with Crippen LogP contribution in [0, 0.1) is 23.2 Å². The molecular weight excluding hydrogens is 280 g/mol. The molecule has 0 aromatic heterocycles. The molecule has 1 heterocycles. The van der Waals surface area contributed by atoms with Crippen LogP contribution >= 0.6 is 0 Å². The van der Waals surface area contributed by atoms with Crippen LogP contribution in [0.25, 0.3) is 0 Å². The quantitative estimate of drug-likeness (QED) is 0.836. The van der Waals surface area contributed by atoms with Gasteiger partial charge in [-0.05, 0) is 75.0 Å². The summed E-state index contributed by atoms with van der Waals surface area (Å²) in [6, 6.07) is 0. The number of hydrogen-bond donors (Lipinski definition) is 2. The van der Waals surface area contributed by atoms with Gasteiger partial charge in [0.05, 0.1) is 12.0 Å². The van der Waals surface area contributed by atoms with Gasteiger partial charge in [-0.1, -0.05) is 6.42 Å². The minimum Gasteiger partial charge on any atom is -0.481 e. The Morgan fingerprint density at radius 1 is 1.05 bits per heavy atom. The summed E-state index contributed by atoms with van der Waals surface area (Å²) in [6.45, 7) is 1.80. The van der Waals surface area contributed by atoms with Gasteiger partial charge in [0.25, 0.3) is 0 Å². The molecule has 2 aliphatic carbocycles. The van der Waals surface area contributed by atoms with Crippen molar-refractivity contribution in [2.45, 2.75) is 70.3 Å². The lowest BCUT2D eigenvalue weighted by Gasteiger charge is -2.48. The van der Waals surface area contributed by atoms with Crippen LogP contribution in [0.5, 0.6) is 0 Å². The number of aliphatic hydroxyl groups excluding tert-OH is 1. The largest absolute Gasteiger partial charge is 0.481 e. The van der Waals surface area contributed by atoms with Crippen LogP contribution in [-0.2, 0) is 9.53 Å². The molecule has 3 fully saturated rings. The number of rotatable bonds is 4. The molecule has 1 spiro atoms. The fourth-order valence-electron chi connectivity index (χ4n) is 5.05. The summed E-state index contributed by atoms with van der Waals surface area (Å²) < 4.78 is 5.44. The average molecular weight is 310 g/mol. The molecule has 0 radical (unpaired) electrons.